The zero-order valence-corrected chi connectivity index (χ0v) is 18.7. The Morgan fingerprint density at radius 2 is 1.84 bits per heavy atom. The summed E-state index contributed by atoms with van der Waals surface area (Å²) in [5.41, 5.74) is 1.06. The highest BCUT2D eigenvalue weighted by Gasteiger charge is 2.36. The van der Waals surface area contributed by atoms with Crippen molar-refractivity contribution in [2.45, 2.75) is 26.4 Å². The lowest BCUT2D eigenvalue weighted by Crippen LogP contribution is -2.27. The lowest BCUT2D eigenvalue weighted by atomic mass is 10.1. The molecule has 1 heterocycles. The van der Waals surface area contributed by atoms with Crippen molar-refractivity contribution >= 4 is 40.6 Å². The van der Waals surface area contributed by atoms with Gasteiger partial charge in [0.05, 0.1) is 24.3 Å². The van der Waals surface area contributed by atoms with Gasteiger partial charge in [0.15, 0.2) is 17.6 Å². The zero-order valence-electron chi connectivity index (χ0n) is 17.9. The Morgan fingerprint density at radius 1 is 1.12 bits per heavy atom. The minimum atomic E-state index is -1.07. The maximum atomic E-state index is 12.9. The number of hydrogen-bond acceptors (Lipinski definition) is 7. The van der Waals surface area contributed by atoms with Crippen LogP contribution in [0, 0.1) is 0 Å². The first kappa shape index (κ1) is 23.2. The number of carbonyl (C=O) groups is 3. The predicted octanol–water partition coefficient (Wildman–Crippen LogP) is 4.58. The van der Waals surface area contributed by atoms with Crippen LogP contribution in [-0.2, 0) is 9.59 Å². The van der Waals surface area contributed by atoms with Gasteiger partial charge in [-0.2, -0.15) is 0 Å². The van der Waals surface area contributed by atoms with Gasteiger partial charge in [-0.05, 0) is 73.1 Å². The topological polar surface area (TPSA) is 102 Å². The molecule has 0 aromatic heterocycles. The number of benzene rings is 2. The van der Waals surface area contributed by atoms with Crippen LogP contribution in [0.2, 0.25) is 0 Å². The number of methoxy groups -OCH3 is 1. The van der Waals surface area contributed by atoms with Crippen molar-refractivity contribution in [3.05, 3.63) is 52.9 Å². The third-order valence-corrected chi connectivity index (χ3v) is 5.47. The lowest BCUT2D eigenvalue weighted by molar-refractivity contribution is -0.145. The van der Waals surface area contributed by atoms with Crippen molar-refractivity contribution in [3.63, 3.8) is 0 Å². The predicted molar refractivity (Wildman–Crippen MR) is 121 cm³/mol. The number of ether oxygens (including phenoxy) is 3. The van der Waals surface area contributed by atoms with Crippen LogP contribution in [0.3, 0.4) is 0 Å². The minimum Gasteiger partial charge on any atom is -0.494 e. The first-order valence-corrected chi connectivity index (χ1v) is 10.8. The Bertz CT molecular complexity index is 1050. The van der Waals surface area contributed by atoms with E-state index in [9.17, 15) is 19.5 Å². The molecular weight excluding hydrogens is 434 g/mol. The van der Waals surface area contributed by atoms with E-state index in [0.717, 1.165) is 16.7 Å². The maximum Gasteiger partial charge on any atom is 0.344 e. The quantitative estimate of drug-likeness (QED) is 0.546. The third kappa shape index (κ3) is 5.05. The number of rotatable bonds is 9. The normalized spacial score (nSPS) is 15.7. The number of carboxylic acids is 1. The molecule has 1 aliphatic heterocycles. The monoisotopic (exact) mass is 457 g/mol. The van der Waals surface area contributed by atoms with Crippen LogP contribution in [0.15, 0.2) is 47.4 Å². The molecule has 2 amide bonds. The number of carboxylic acid groups (broad SMARTS) is 1. The summed E-state index contributed by atoms with van der Waals surface area (Å²) in [5, 5.41) is 8.80. The maximum absolute atomic E-state index is 12.9. The van der Waals surface area contributed by atoms with Crippen LogP contribution >= 0.6 is 11.8 Å². The fourth-order valence-corrected chi connectivity index (χ4v) is 3.87. The van der Waals surface area contributed by atoms with Crippen molar-refractivity contribution in [1.82, 2.24) is 0 Å². The Morgan fingerprint density at radius 3 is 2.44 bits per heavy atom. The van der Waals surface area contributed by atoms with Gasteiger partial charge < -0.3 is 19.3 Å². The van der Waals surface area contributed by atoms with Crippen molar-refractivity contribution in [2.24, 2.45) is 0 Å². The number of nitrogens with zero attached hydrogens (tertiary/aromatic N) is 1. The van der Waals surface area contributed by atoms with Crippen molar-refractivity contribution in [3.8, 4) is 17.2 Å². The number of anilines is 1. The molecule has 1 N–H and O–H groups in total. The van der Waals surface area contributed by atoms with E-state index in [4.69, 9.17) is 14.2 Å². The molecule has 1 saturated heterocycles. The first-order valence-electron chi connectivity index (χ1n) is 9.96. The molecule has 0 spiro atoms. The summed E-state index contributed by atoms with van der Waals surface area (Å²) < 4.78 is 16.2. The molecule has 2 aromatic rings. The highest BCUT2D eigenvalue weighted by molar-refractivity contribution is 8.19. The molecule has 168 valence electrons. The van der Waals surface area contributed by atoms with Crippen LogP contribution in [0.25, 0.3) is 6.08 Å². The van der Waals surface area contributed by atoms with Crippen LogP contribution in [0.5, 0.6) is 17.2 Å². The van der Waals surface area contributed by atoms with E-state index in [-0.39, 0.29) is 10.7 Å². The van der Waals surface area contributed by atoms with E-state index in [1.54, 1.807) is 55.5 Å². The highest BCUT2D eigenvalue weighted by Crippen LogP contribution is 2.37. The summed E-state index contributed by atoms with van der Waals surface area (Å²) in [6.07, 6.45) is 0.875. The van der Waals surface area contributed by atoms with Gasteiger partial charge in [0.2, 0.25) is 0 Å². The van der Waals surface area contributed by atoms with E-state index in [2.05, 4.69) is 0 Å². The molecule has 3 rings (SSSR count). The molecule has 0 saturated carbocycles. The van der Waals surface area contributed by atoms with Crippen LogP contribution in [0.1, 0.15) is 25.8 Å². The number of carbonyl (C=O) groups excluding carboxylic acids is 2. The molecule has 0 radical (unpaired) electrons. The van der Waals surface area contributed by atoms with E-state index in [1.807, 2.05) is 6.92 Å². The standard InChI is InChI=1S/C23H23NO7S/c1-4-17(22(26)27)31-18-11-6-14(12-19(18)29-3)13-20-21(25)24(23(28)32-20)15-7-9-16(10-8-15)30-5-2/h6-13,17H,4-5H2,1-3H3,(H,26,27)/b20-13+. The fourth-order valence-electron chi connectivity index (χ4n) is 3.03. The second-order valence-corrected chi connectivity index (χ2v) is 7.70. The lowest BCUT2D eigenvalue weighted by Gasteiger charge is -2.16. The van der Waals surface area contributed by atoms with Crippen molar-refractivity contribution in [1.29, 1.82) is 0 Å². The summed E-state index contributed by atoms with van der Waals surface area (Å²) >= 11 is 0.839. The van der Waals surface area contributed by atoms with E-state index < -0.39 is 23.2 Å². The Kier molecular flexibility index (Phi) is 7.42. The number of aliphatic carboxylic acids is 1. The number of amides is 2. The zero-order chi connectivity index (χ0) is 23.3. The molecule has 8 nitrogen and oxygen atoms in total. The minimum absolute atomic E-state index is 0.261. The van der Waals surface area contributed by atoms with Gasteiger partial charge in [-0.3, -0.25) is 9.59 Å². The van der Waals surface area contributed by atoms with Crippen LogP contribution in [-0.4, -0.2) is 42.0 Å². The van der Waals surface area contributed by atoms with E-state index >= 15 is 0 Å². The number of hydrogen-bond donors (Lipinski definition) is 1. The number of imide groups is 1. The summed E-state index contributed by atoms with van der Waals surface area (Å²) in [6, 6.07) is 11.6. The SMILES string of the molecule is CCOc1ccc(N2C(=O)S/C(=C/c3ccc(OC(CC)C(=O)O)c(OC)c3)C2=O)cc1. The van der Waals surface area contributed by atoms with Crippen LogP contribution < -0.4 is 19.1 Å². The Labute approximate surface area is 189 Å². The van der Waals surface area contributed by atoms with Crippen molar-refractivity contribution in [2.75, 3.05) is 18.6 Å². The van der Waals surface area contributed by atoms with Gasteiger partial charge >= 0.3 is 5.97 Å². The molecule has 1 fully saturated rings. The van der Waals surface area contributed by atoms with Crippen LogP contribution in [0.4, 0.5) is 10.5 Å². The van der Waals surface area contributed by atoms with Gasteiger partial charge in [-0.25, -0.2) is 9.69 Å². The van der Waals surface area contributed by atoms with Gasteiger partial charge in [-0.1, -0.05) is 13.0 Å². The second kappa shape index (κ2) is 10.2. The van der Waals surface area contributed by atoms with Crippen molar-refractivity contribution < 1.29 is 33.7 Å². The Balaban J connectivity index is 1.83. The van der Waals surface area contributed by atoms with E-state index in [0.29, 0.717) is 35.8 Å². The van der Waals surface area contributed by atoms with Gasteiger partial charge in [0, 0.05) is 0 Å². The molecule has 1 unspecified atom stereocenters. The fraction of sp³-hybridized carbons (Fsp3) is 0.261. The third-order valence-electron chi connectivity index (χ3n) is 4.60. The molecule has 0 bridgehead atoms. The second-order valence-electron chi connectivity index (χ2n) is 6.71. The molecule has 1 aliphatic rings. The highest BCUT2D eigenvalue weighted by atomic mass is 32.2. The van der Waals surface area contributed by atoms with E-state index in [1.165, 1.54) is 7.11 Å². The summed E-state index contributed by atoms with van der Waals surface area (Å²) in [5.74, 6) is -0.242. The average Bonchev–Trinajstić information content (AvgIpc) is 3.06. The average molecular weight is 458 g/mol. The molecule has 0 aliphatic carbocycles. The van der Waals surface area contributed by atoms with Gasteiger partial charge in [0.25, 0.3) is 11.1 Å². The first-order chi connectivity index (χ1) is 15.4. The largest absolute Gasteiger partial charge is 0.494 e. The molecule has 1 atom stereocenters. The Hall–Kier alpha value is -3.46. The summed E-state index contributed by atoms with van der Waals surface area (Å²) in [4.78, 5) is 38.0. The molecule has 2 aromatic carbocycles. The molecule has 32 heavy (non-hydrogen) atoms. The summed E-state index contributed by atoms with van der Waals surface area (Å²) in [6.45, 7) is 4.10. The van der Waals surface area contributed by atoms with Gasteiger partial charge in [-0.15, -0.1) is 0 Å². The van der Waals surface area contributed by atoms with Gasteiger partial charge in [0.1, 0.15) is 5.75 Å². The smallest absolute Gasteiger partial charge is 0.344 e. The number of thioether (sulfide) groups is 1. The molecule has 9 heteroatoms. The molecular formula is C23H23NO7S. The summed E-state index contributed by atoms with van der Waals surface area (Å²) in [7, 11) is 1.44.